The molecule has 8 heteroatoms. The number of Topliss-reactive ketones (excluding diaryl/α,β-unsaturated/α-hetero) is 1. The van der Waals surface area contributed by atoms with Crippen molar-refractivity contribution < 1.29 is 28.0 Å². The van der Waals surface area contributed by atoms with Gasteiger partial charge < -0.3 is 16.6 Å². The predicted molar refractivity (Wildman–Crippen MR) is 135 cm³/mol. The number of anilines is 2. The van der Waals surface area contributed by atoms with Gasteiger partial charge in [0.25, 0.3) is 0 Å². The average molecular weight is 737 g/mol. The molecule has 0 radical (unpaired) electrons. The first-order chi connectivity index (χ1) is 13.2. The number of aromatic carboxylic acids is 1. The number of aryl methyl sites for hydroxylation is 2. The first-order valence-corrected chi connectivity index (χ1v) is 21.1. The summed E-state index contributed by atoms with van der Waals surface area (Å²) >= 11 is 5.30. The van der Waals surface area contributed by atoms with Gasteiger partial charge in [-0.15, -0.1) is 0 Å². The van der Waals surface area contributed by atoms with Gasteiger partial charge in [0.05, 0.1) is 5.56 Å². The fourth-order valence-corrected chi connectivity index (χ4v) is 2.29. The van der Waals surface area contributed by atoms with E-state index in [1.54, 1.807) is 12.1 Å². The third kappa shape index (κ3) is 10.8. The fraction of sp³-hybridized carbons (Fsp3) is 0.333. The third-order valence-electron chi connectivity index (χ3n) is 4.30. The second-order valence-electron chi connectivity index (χ2n) is 6.57. The van der Waals surface area contributed by atoms with Crippen molar-refractivity contribution in [3.63, 3.8) is 0 Å². The van der Waals surface area contributed by atoms with Crippen molar-refractivity contribution in [3.8, 4) is 0 Å². The molecule has 0 aliphatic heterocycles. The molecule has 0 atom stereocenters. The number of rotatable bonds is 4. The van der Waals surface area contributed by atoms with Crippen LogP contribution in [-0.4, -0.2) is 16.9 Å². The Bertz CT molecular complexity index is 825. The second kappa shape index (κ2) is 14.4. The molecule has 5 N–H and O–H groups in total. The van der Waals surface area contributed by atoms with Crippen molar-refractivity contribution in [2.45, 2.75) is 40.5 Å². The van der Waals surface area contributed by atoms with Gasteiger partial charge in [-0.3, -0.25) is 4.79 Å². The van der Waals surface area contributed by atoms with E-state index in [1.165, 1.54) is 25.0 Å². The number of carboxylic acid groups (broad SMARTS) is 1. The molecule has 1 aliphatic carbocycles. The number of carboxylic acids is 1. The molecule has 0 spiro atoms. The van der Waals surface area contributed by atoms with Crippen molar-refractivity contribution in [2.24, 2.45) is 5.92 Å². The van der Waals surface area contributed by atoms with Crippen molar-refractivity contribution in [1.29, 1.82) is 0 Å². The van der Waals surface area contributed by atoms with E-state index in [0.29, 0.717) is 37.0 Å². The molecular formula is C21H28I3N2O3-. The van der Waals surface area contributed by atoms with Gasteiger partial charge in [-0.05, 0) is 61.9 Å². The SMILES string of the molecule is C.Cc1ccc(C(=O)CC2CC2)cc1N.Cc1ccc(C(=O)O)cc1N.I[I-]I. The summed E-state index contributed by atoms with van der Waals surface area (Å²) in [6, 6.07) is 10.3. The Balaban J connectivity index is 0.000000473. The summed E-state index contributed by atoms with van der Waals surface area (Å²) < 4.78 is 0. The van der Waals surface area contributed by atoms with E-state index in [-0.39, 0.29) is 18.8 Å². The molecule has 0 saturated heterocycles. The van der Waals surface area contributed by atoms with Gasteiger partial charge in [0.1, 0.15) is 0 Å². The molecule has 0 bridgehead atoms. The van der Waals surface area contributed by atoms with E-state index in [4.69, 9.17) is 16.6 Å². The summed E-state index contributed by atoms with van der Waals surface area (Å²) in [5.41, 5.74) is 15.4. The number of hydrogen-bond donors (Lipinski definition) is 3. The molecule has 1 aliphatic rings. The zero-order valence-electron chi connectivity index (χ0n) is 15.7. The van der Waals surface area contributed by atoms with Crippen LogP contribution >= 0.6 is 37.2 Å². The molecule has 29 heavy (non-hydrogen) atoms. The van der Waals surface area contributed by atoms with Gasteiger partial charge in [-0.25, -0.2) is 4.79 Å². The van der Waals surface area contributed by atoms with E-state index in [1.807, 2.05) is 26.0 Å². The quantitative estimate of drug-likeness (QED) is 0.254. The third-order valence-corrected chi connectivity index (χ3v) is 4.30. The normalized spacial score (nSPS) is 11.9. The number of nitrogens with two attached hydrogens (primary N) is 2. The van der Waals surface area contributed by atoms with Crippen LogP contribution in [0.15, 0.2) is 36.4 Å². The zero-order chi connectivity index (χ0) is 21.3. The molecule has 2 aromatic carbocycles. The number of nitrogen functional groups attached to an aromatic ring is 2. The Morgan fingerprint density at radius 2 is 1.41 bits per heavy atom. The number of benzene rings is 2. The maximum absolute atomic E-state index is 11.7. The number of halogens is 3. The number of ketones is 1. The molecule has 162 valence electrons. The number of carbonyl (C=O) groups is 2. The first kappa shape index (κ1) is 28.4. The summed E-state index contributed by atoms with van der Waals surface area (Å²) in [5.74, 6) is -0.0686. The Kier molecular flexibility index (Phi) is 14.1. The van der Waals surface area contributed by atoms with Gasteiger partial charge in [-0.1, -0.05) is 25.6 Å². The van der Waals surface area contributed by atoms with E-state index in [2.05, 4.69) is 37.2 Å². The molecule has 1 fully saturated rings. The maximum atomic E-state index is 11.7. The number of carbonyl (C=O) groups excluding carboxylic acids is 1. The molecule has 0 aromatic heterocycles. The molecule has 3 rings (SSSR count). The van der Waals surface area contributed by atoms with Crippen LogP contribution in [0.3, 0.4) is 0 Å². The van der Waals surface area contributed by atoms with Crippen molar-refractivity contribution in [1.82, 2.24) is 0 Å². The summed E-state index contributed by atoms with van der Waals surface area (Å²) in [4.78, 5) is 22.1. The Morgan fingerprint density at radius 1 is 1.00 bits per heavy atom. The van der Waals surface area contributed by atoms with Crippen LogP contribution in [0.4, 0.5) is 11.4 Å². The van der Waals surface area contributed by atoms with Gasteiger partial charge in [-0.2, -0.15) is 0 Å². The number of hydrogen-bond acceptors (Lipinski definition) is 4. The van der Waals surface area contributed by atoms with E-state index in [0.717, 1.165) is 16.7 Å². The molecule has 5 nitrogen and oxygen atoms in total. The van der Waals surface area contributed by atoms with Crippen LogP contribution < -0.4 is 24.7 Å². The molecule has 1 saturated carbocycles. The van der Waals surface area contributed by atoms with Crippen LogP contribution in [-0.2, 0) is 0 Å². The van der Waals surface area contributed by atoms with E-state index >= 15 is 0 Å². The zero-order valence-corrected chi connectivity index (χ0v) is 22.2. The van der Waals surface area contributed by atoms with E-state index < -0.39 is 5.97 Å². The molecule has 0 amide bonds. The molecule has 0 heterocycles. The first-order valence-electron chi connectivity index (χ1n) is 8.55. The standard InChI is InChI=1S/C12H15NO.C8H9NO2.CH4.I3/c1-8-2-5-10(7-11(8)13)12(14)6-9-3-4-9;1-5-2-3-6(8(10)11)4-7(5)9;;1-3-2/h2,5,7,9H,3-4,6,13H2,1H3;2-4H,9H2,1H3,(H,10,11);1H4;/q;;;-1. The van der Waals surface area contributed by atoms with Gasteiger partial charge in [0.2, 0.25) is 0 Å². The van der Waals surface area contributed by atoms with Crippen LogP contribution in [0.2, 0.25) is 0 Å². The van der Waals surface area contributed by atoms with Crippen LogP contribution in [0.5, 0.6) is 0 Å². The predicted octanol–water partition coefficient (Wildman–Crippen LogP) is 3.25. The summed E-state index contributed by atoms with van der Waals surface area (Å²) in [5, 5.41) is 8.54. The monoisotopic (exact) mass is 737 g/mol. The van der Waals surface area contributed by atoms with Gasteiger partial charge in [0.15, 0.2) is 5.78 Å². The van der Waals surface area contributed by atoms with Crippen molar-refractivity contribution >= 4 is 60.4 Å². The second-order valence-corrected chi connectivity index (χ2v) is 22.8. The topological polar surface area (TPSA) is 106 Å². The van der Waals surface area contributed by atoms with Crippen LogP contribution in [0.1, 0.15) is 58.5 Å². The van der Waals surface area contributed by atoms with Crippen LogP contribution in [0, 0.1) is 19.8 Å². The van der Waals surface area contributed by atoms with Gasteiger partial charge >= 0.3 is 56.5 Å². The molecule has 2 aromatic rings. The van der Waals surface area contributed by atoms with Crippen LogP contribution in [0.25, 0.3) is 0 Å². The van der Waals surface area contributed by atoms with Crippen molar-refractivity contribution in [3.05, 3.63) is 58.7 Å². The summed E-state index contributed by atoms with van der Waals surface area (Å²) in [6.45, 7) is 3.78. The Hall–Kier alpha value is -0.630. The van der Waals surface area contributed by atoms with Gasteiger partial charge in [0, 0.05) is 23.4 Å². The Labute approximate surface area is 203 Å². The minimum atomic E-state index is -0.947. The Morgan fingerprint density at radius 3 is 1.79 bits per heavy atom. The fourth-order valence-electron chi connectivity index (χ4n) is 2.29. The summed E-state index contributed by atoms with van der Waals surface area (Å²) in [6.07, 6.45) is 3.13. The van der Waals surface area contributed by atoms with E-state index in [9.17, 15) is 9.59 Å². The molecule has 0 unspecified atom stereocenters. The average Bonchev–Trinajstić information content (AvgIpc) is 3.45. The minimum absolute atomic E-state index is 0. The molecular weight excluding hydrogens is 709 g/mol. The summed E-state index contributed by atoms with van der Waals surface area (Å²) in [7, 11) is 0. The van der Waals surface area contributed by atoms with Crippen molar-refractivity contribution in [2.75, 3.05) is 11.5 Å².